The predicted molar refractivity (Wildman–Crippen MR) is 92.0 cm³/mol. The van der Waals surface area contributed by atoms with E-state index in [-0.39, 0.29) is 36.5 Å². The number of imide groups is 1. The second-order valence-electron chi connectivity index (χ2n) is 7.35. The van der Waals surface area contributed by atoms with Crippen LogP contribution < -0.4 is 5.32 Å². The molecule has 1 N–H and O–H groups in total. The van der Waals surface area contributed by atoms with E-state index in [1.54, 1.807) is 19.1 Å². The molecule has 25 heavy (non-hydrogen) atoms. The first kappa shape index (κ1) is 19.1. The topological polar surface area (TPSA) is 66.5 Å². The lowest BCUT2D eigenvalue weighted by Gasteiger charge is -2.23. The Morgan fingerprint density at radius 2 is 1.92 bits per heavy atom. The van der Waals surface area contributed by atoms with Gasteiger partial charge >= 0.3 is 0 Å². The van der Waals surface area contributed by atoms with Crippen molar-refractivity contribution in [1.82, 2.24) is 10.2 Å². The van der Waals surface area contributed by atoms with Crippen LogP contribution in [0.3, 0.4) is 0 Å². The number of halogens is 1. The maximum absolute atomic E-state index is 12.8. The van der Waals surface area contributed by atoms with Gasteiger partial charge in [-0.05, 0) is 36.5 Å². The van der Waals surface area contributed by atoms with Crippen LogP contribution in [0.1, 0.15) is 39.2 Å². The van der Waals surface area contributed by atoms with E-state index >= 15 is 0 Å². The third-order valence-corrected chi connectivity index (χ3v) is 4.41. The van der Waals surface area contributed by atoms with E-state index in [0.717, 1.165) is 10.5 Å². The molecule has 1 aliphatic heterocycles. The zero-order chi connectivity index (χ0) is 18.6. The molecular formula is C19H25FN2O3. The summed E-state index contributed by atoms with van der Waals surface area (Å²) in [6.45, 7) is 5.93. The number of hydrogen-bond donors (Lipinski definition) is 1. The number of benzene rings is 1. The van der Waals surface area contributed by atoms with E-state index < -0.39 is 5.41 Å². The summed E-state index contributed by atoms with van der Waals surface area (Å²) in [5, 5.41) is 2.70. The normalized spacial score (nSPS) is 20.4. The van der Waals surface area contributed by atoms with Crippen molar-refractivity contribution >= 4 is 17.7 Å². The van der Waals surface area contributed by atoms with Crippen molar-refractivity contribution in [2.24, 2.45) is 11.3 Å². The Morgan fingerprint density at radius 1 is 1.28 bits per heavy atom. The molecule has 0 aliphatic carbocycles. The minimum absolute atomic E-state index is 0.160. The number of amides is 3. The summed E-state index contributed by atoms with van der Waals surface area (Å²) in [5.74, 6) is -0.922. The molecule has 0 spiro atoms. The summed E-state index contributed by atoms with van der Waals surface area (Å²) in [6, 6.07) is 6.06. The molecular weight excluding hydrogens is 323 g/mol. The molecule has 1 atom stereocenters. The quantitative estimate of drug-likeness (QED) is 0.769. The van der Waals surface area contributed by atoms with E-state index in [0.29, 0.717) is 25.3 Å². The van der Waals surface area contributed by atoms with Crippen molar-refractivity contribution < 1.29 is 18.8 Å². The van der Waals surface area contributed by atoms with Gasteiger partial charge in [-0.1, -0.05) is 32.9 Å². The molecule has 0 aromatic heterocycles. The van der Waals surface area contributed by atoms with Gasteiger partial charge in [0.25, 0.3) is 0 Å². The molecule has 3 amide bonds. The average molecular weight is 348 g/mol. The number of nitrogens with zero attached hydrogens (tertiary/aromatic N) is 1. The van der Waals surface area contributed by atoms with Gasteiger partial charge in [0.05, 0.1) is 5.41 Å². The van der Waals surface area contributed by atoms with Crippen LogP contribution in [-0.2, 0) is 20.8 Å². The minimum Gasteiger partial charge on any atom is -0.354 e. The summed E-state index contributed by atoms with van der Waals surface area (Å²) in [7, 11) is 0. The predicted octanol–water partition coefficient (Wildman–Crippen LogP) is 2.30. The molecule has 2 rings (SSSR count). The number of nitrogens with one attached hydrogen (secondary N) is 1. The van der Waals surface area contributed by atoms with Crippen LogP contribution in [0.2, 0.25) is 0 Å². The molecule has 1 heterocycles. The number of rotatable bonds is 7. The first-order valence-electron chi connectivity index (χ1n) is 8.57. The van der Waals surface area contributed by atoms with Crippen LogP contribution in [-0.4, -0.2) is 35.7 Å². The van der Waals surface area contributed by atoms with Gasteiger partial charge in [0.2, 0.25) is 17.7 Å². The van der Waals surface area contributed by atoms with E-state index in [1.807, 2.05) is 13.8 Å². The monoisotopic (exact) mass is 348 g/mol. The first-order valence-corrected chi connectivity index (χ1v) is 8.57. The van der Waals surface area contributed by atoms with E-state index in [1.165, 1.54) is 12.1 Å². The number of likely N-dealkylation sites (tertiary alicyclic amines) is 1. The fraction of sp³-hybridized carbons (Fsp3) is 0.526. The van der Waals surface area contributed by atoms with Gasteiger partial charge in [-0.15, -0.1) is 0 Å². The Hall–Kier alpha value is -2.24. The Balaban J connectivity index is 1.84. The van der Waals surface area contributed by atoms with Crippen molar-refractivity contribution in [2.75, 3.05) is 13.1 Å². The Morgan fingerprint density at radius 3 is 2.52 bits per heavy atom. The Bertz CT molecular complexity index is 657. The lowest BCUT2D eigenvalue weighted by atomic mass is 9.80. The third-order valence-electron chi connectivity index (χ3n) is 4.41. The number of carbonyl (C=O) groups is 3. The molecule has 1 saturated heterocycles. The summed E-state index contributed by atoms with van der Waals surface area (Å²) in [6.07, 6.45) is 1.34. The second-order valence-corrected chi connectivity index (χ2v) is 7.35. The largest absolute Gasteiger partial charge is 0.354 e. The van der Waals surface area contributed by atoms with Crippen molar-refractivity contribution in [3.63, 3.8) is 0 Å². The van der Waals surface area contributed by atoms with E-state index in [9.17, 15) is 18.8 Å². The zero-order valence-corrected chi connectivity index (χ0v) is 15.0. The van der Waals surface area contributed by atoms with Crippen LogP contribution in [0.25, 0.3) is 0 Å². The highest BCUT2D eigenvalue weighted by molar-refractivity contribution is 6.07. The van der Waals surface area contributed by atoms with Crippen molar-refractivity contribution in [3.05, 3.63) is 35.6 Å². The van der Waals surface area contributed by atoms with Crippen LogP contribution >= 0.6 is 0 Å². The molecule has 0 radical (unpaired) electrons. The molecule has 0 unspecified atom stereocenters. The number of hydrogen-bond acceptors (Lipinski definition) is 3. The molecule has 1 aromatic rings. The van der Waals surface area contributed by atoms with Crippen LogP contribution in [0.4, 0.5) is 4.39 Å². The molecule has 1 aromatic carbocycles. The molecule has 0 saturated carbocycles. The standard InChI is InChI=1S/C19H25FN2O3/c1-13(2)10-19(3)11-17(24)22(18(19)25)12-16(23)21-9-8-14-4-6-15(20)7-5-14/h4-7,13H,8-12H2,1-3H3,(H,21,23)/t19-/m0/s1. The molecule has 1 aliphatic rings. The summed E-state index contributed by atoms with van der Waals surface area (Å²) in [4.78, 5) is 37.8. The third kappa shape index (κ3) is 4.87. The van der Waals surface area contributed by atoms with Crippen LogP contribution in [0.5, 0.6) is 0 Å². The van der Waals surface area contributed by atoms with Crippen LogP contribution in [0, 0.1) is 17.2 Å². The van der Waals surface area contributed by atoms with Gasteiger partial charge in [0.1, 0.15) is 12.4 Å². The van der Waals surface area contributed by atoms with Crippen LogP contribution in [0.15, 0.2) is 24.3 Å². The molecule has 5 nitrogen and oxygen atoms in total. The zero-order valence-electron chi connectivity index (χ0n) is 15.0. The minimum atomic E-state index is -0.709. The lowest BCUT2D eigenvalue weighted by molar-refractivity contribution is -0.144. The highest BCUT2D eigenvalue weighted by Gasteiger charge is 2.48. The first-order chi connectivity index (χ1) is 11.7. The van der Waals surface area contributed by atoms with Crippen molar-refractivity contribution in [3.8, 4) is 0 Å². The number of carbonyl (C=O) groups excluding carboxylic acids is 3. The lowest BCUT2D eigenvalue weighted by Crippen LogP contribution is -2.42. The maximum Gasteiger partial charge on any atom is 0.240 e. The molecule has 6 heteroatoms. The smallest absolute Gasteiger partial charge is 0.240 e. The fourth-order valence-electron chi connectivity index (χ4n) is 3.36. The maximum atomic E-state index is 12.8. The van der Waals surface area contributed by atoms with Gasteiger partial charge in [-0.2, -0.15) is 0 Å². The average Bonchev–Trinajstić information content (AvgIpc) is 2.71. The fourth-order valence-corrected chi connectivity index (χ4v) is 3.36. The van der Waals surface area contributed by atoms with Crippen molar-refractivity contribution in [1.29, 1.82) is 0 Å². The molecule has 136 valence electrons. The highest BCUT2D eigenvalue weighted by Crippen LogP contribution is 2.38. The van der Waals surface area contributed by atoms with Gasteiger partial charge in [-0.25, -0.2) is 4.39 Å². The highest BCUT2D eigenvalue weighted by atomic mass is 19.1. The SMILES string of the molecule is CC(C)C[C@@]1(C)CC(=O)N(CC(=O)NCCc2ccc(F)cc2)C1=O. The van der Waals surface area contributed by atoms with Crippen molar-refractivity contribution in [2.45, 2.75) is 40.0 Å². The summed E-state index contributed by atoms with van der Waals surface area (Å²) in [5.41, 5.74) is 0.194. The summed E-state index contributed by atoms with van der Waals surface area (Å²) >= 11 is 0. The molecule has 1 fully saturated rings. The second kappa shape index (κ2) is 7.76. The molecule has 0 bridgehead atoms. The summed E-state index contributed by atoms with van der Waals surface area (Å²) < 4.78 is 12.8. The van der Waals surface area contributed by atoms with Gasteiger partial charge < -0.3 is 5.32 Å². The van der Waals surface area contributed by atoms with Gasteiger partial charge in [-0.3, -0.25) is 19.3 Å². The Labute approximate surface area is 147 Å². The van der Waals surface area contributed by atoms with E-state index in [2.05, 4.69) is 5.32 Å². The van der Waals surface area contributed by atoms with E-state index in [4.69, 9.17) is 0 Å². The Kier molecular flexibility index (Phi) is 5.93. The van der Waals surface area contributed by atoms with Gasteiger partial charge in [0.15, 0.2) is 0 Å². The van der Waals surface area contributed by atoms with Gasteiger partial charge in [0, 0.05) is 13.0 Å².